The summed E-state index contributed by atoms with van der Waals surface area (Å²) < 4.78 is 6.77. The minimum Gasteiger partial charge on any atom is -0.361 e. The van der Waals surface area contributed by atoms with Crippen LogP contribution in [0.3, 0.4) is 0 Å². The summed E-state index contributed by atoms with van der Waals surface area (Å²) in [6.45, 7) is 6.33. The van der Waals surface area contributed by atoms with E-state index in [0.29, 0.717) is 48.8 Å². The molecule has 9 heteroatoms. The number of piperidine rings is 1. The van der Waals surface area contributed by atoms with Crippen LogP contribution in [0.1, 0.15) is 53.2 Å². The molecule has 0 atom stereocenters. The number of aryl methyl sites for hydroxylation is 4. The summed E-state index contributed by atoms with van der Waals surface area (Å²) >= 11 is 0. The van der Waals surface area contributed by atoms with Crippen LogP contribution in [0.15, 0.2) is 33.6 Å². The van der Waals surface area contributed by atoms with Crippen molar-refractivity contribution in [2.45, 2.75) is 46.0 Å². The average Bonchev–Trinajstić information content (AvgIpc) is 3.43. The lowest BCUT2D eigenvalue weighted by Gasteiger charge is -2.39. The Labute approximate surface area is 203 Å². The fourth-order valence-corrected chi connectivity index (χ4v) is 5.57. The van der Waals surface area contributed by atoms with Gasteiger partial charge in [-0.1, -0.05) is 17.3 Å². The summed E-state index contributed by atoms with van der Waals surface area (Å²) in [6, 6.07) is 7.53. The van der Waals surface area contributed by atoms with Crippen LogP contribution in [0.25, 0.3) is 11.0 Å². The average molecular weight is 478 g/mol. The van der Waals surface area contributed by atoms with Gasteiger partial charge in [0.05, 0.1) is 16.7 Å². The number of aromatic nitrogens is 3. The Bertz CT molecular complexity index is 1330. The Morgan fingerprint density at radius 2 is 1.74 bits per heavy atom. The smallest absolute Gasteiger partial charge is 0.272 e. The van der Waals surface area contributed by atoms with E-state index in [-0.39, 0.29) is 29.2 Å². The third kappa shape index (κ3) is 4.24. The second kappa shape index (κ2) is 8.94. The van der Waals surface area contributed by atoms with Gasteiger partial charge >= 0.3 is 0 Å². The van der Waals surface area contributed by atoms with Crippen molar-refractivity contribution >= 4 is 22.8 Å². The number of fused-ring (bicyclic) bond motifs is 1. The van der Waals surface area contributed by atoms with Gasteiger partial charge in [-0.05, 0) is 50.7 Å². The van der Waals surface area contributed by atoms with E-state index in [2.05, 4.69) is 10.1 Å². The fourth-order valence-electron chi connectivity index (χ4n) is 5.57. The van der Waals surface area contributed by atoms with Gasteiger partial charge in [-0.15, -0.1) is 0 Å². The molecule has 2 amide bonds. The molecule has 2 aromatic heterocycles. The van der Waals surface area contributed by atoms with Gasteiger partial charge in [0, 0.05) is 46.1 Å². The van der Waals surface area contributed by atoms with Crippen LogP contribution >= 0.6 is 0 Å². The van der Waals surface area contributed by atoms with Gasteiger partial charge in [0.25, 0.3) is 11.5 Å². The highest BCUT2D eigenvalue weighted by atomic mass is 16.5. The second-order valence-electron chi connectivity index (χ2n) is 9.97. The summed E-state index contributed by atoms with van der Waals surface area (Å²) in [5.41, 5.74) is 3.08. The lowest BCUT2D eigenvalue weighted by atomic mass is 9.77. The molecular formula is C26H31N5O4. The van der Waals surface area contributed by atoms with Crippen LogP contribution in [0.2, 0.25) is 0 Å². The number of carbonyl (C=O) groups is 2. The summed E-state index contributed by atoms with van der Waals surface area (Å²) in [6.07, 6.45) is 3.30. The van der Waals surface area contributed by atoms with Crippen molar-refractivity contribution in [2.75, 3.05) is 26.2 Å². The number of benzene rings is 1. The van der Waals surface area contributed by atoms with Crippen molar-refractivity contribution < 1.29 is 14.1 Å². The highest BCUT2D eigenvalue weighted by Gasteiger charge is 2.43. The first kappa shape index (κ1) is 23.3. The predicted octanol–water partition coefficient (Wildman–Crippen LogP) is 2.63. The van der Waals surface area contributed by atoms with E-state index >= 15 is 0 Å². The Morgan fingerprint density at radius 1 is 1.06 bits per heavy atom. The lowest BCUT2D eigenvalue weighted by molar-refractivity contribution is -0.130. The van der Waals surface area contributed by atoms with E-state index < -0.39 is 0 Å². The topological polar surface area (TPSA) is 102 Å². The molecule has 184 valence electrons. The number of amides is 2. The molecular weight excluding hydrogens is 446 g/mol. The first-order valence-electron chi connectivity index (χ1n) is 12.2. The first-order chi connectivity index (χ1) is 16.8. The molecule has 0 unspecified atom stereocenters. The number of likely N-dealkylation sites (tertiary alicyclic amines) is 2. The molecule has 2 aliphatic heterocycles. The van der Waals surface area contributed by atoms with Gasteiger partial charge < -0.3 is 18.9 Å². The van der Waals surface area contributed by atoms with E-state index in [4.69, 9.17) is 4.52 Å². The number of carbonyl (C=O) groups excluding carboxylic acids is 2. The van der Waals surface area contributed by atoms with Crippen LogP contribution in [0.4, 0.5) is 0 Å². The number of para-hydroxylation sites is 2. The molecule has 9 nitrogen and oxygen atoms in total. The highest BCUT2D eigenvalue weighted by Crippen LogP contribution is 2.41. The van der Waals surface area contributed by atoms with Gasteiger partial charge in [0.1, 0.15) is 17.0 Å². The zero-order chi connectivity index (χ0) is 24.7. The summed E-state index contributed by atoms with van der Waals surface area (Å²) in [5, 5.41) is 3.90. The zero-order valence-electron chi connectivity index (χ0n) is 20.5. The van der Waals surface area contributed by atoms with Crippen LogP contribution in [-0.4, -0.2) is 62.5 Å². The van der Waals surface area contributed by atoms with E-state index in [1.165, 1.54) is 0 Å². The summed E-state index contributed by atoms with van der Waals surface area (Å²) in [5.74, 6) is 0.598. The SMILES string of the molecule is Cc1noc(C)c1C(=O)N1CCC2(CCN(C(=O)CCc3nc4ccccc4n(C)c3=O)C2)CC1. The molecule has 0 bridgehead atoms. The second-order valence-corrected chi connectivity index (χ2v) is 9.97. The molecule has 2 aliphatic rings. The Hall–Kier alpha value is -3.49. The molecule has 3 aromatic rings. The maximum absolute atomic E-state index is 13.0. The molecule has 35 heavy (non-hydrogen) atoms. The predicted molar refractivity (Wildman–Crippen MR) is 130 cm³/mol. The van der Waals surface area contributed by atoms with Gasteiger partial charge in [-0.3, -0.25) is 14.4 Å². The first-order valence-corrected chi connectivity index (χ1v) is 12.2. The maximum atomic E-state index is 13.0. The Kier molecular flexibility index (Phi) is 5.94. The van der Waals surface area contributed by atoms with E-state index in [9.17, 15) is 14.4 Å². The van der Waals surface area contributed by atoms with Crippen molar-refractivity contribution in [1.29, 1.82) is 0 Å². The molecule has 1 aromatic carbocycles. The minimum absolute atomic E-state index is 0.0218. The molecule has 0 radical (unpaired) electrons. The van der Waals surface area contributed by atoms with Crippen LogP contribution in [-0.2, 0) is 18.3 Å². The fraction of sp³-hybridized carbons (Fsp3) is 0.500. The third-order valence-corrected chi connectivity index (χ3v) is 7.78. The van der Waals surface area contributed by atoms with Crippen LogP contribution in [0, 0.1) is 19.3 Å². The Balaban J connectivity index is 1.18. The largest absolute Gasteiger partial charge is 0.361 e. The van der Waals surface area contributed by atoms with Crippen molar-refractivity contribution in [1.82, 2.24) is 24.5 Å². The molecule has 4 heterocycles. The van der Waals surface area contributed by atoms with E-state index in [1.807, 2.05) is 34.1 Å². The van der Waals surface area contributed by atoms with Gasteiger partial charge in [-0.25, -0.2) is 4.98 Å². The number of rotatable bonds is 4. The summed E-state index contributed by atoms with van der Waals surface area (Å²) in [7, 11) is 1.74. The molecule has 0 N–H and O–H groups in total. The molecule has 0 aliphatic carbocycles. The van der Waals surface area contributed by atoms with Crippen molar-refractivity contribution in [3.8, 4) is 0 Å². The standard InChI is InChI=1S/C26H31N5O4/c1-17-23(18(2)35-28-17)25(34)30-13-10-26(11-14-30)12-15-31(16-26)22(32)9-8-20-24(33)29(3)21-7-5-4-6-19(21)27-20/h4-7H,8-16H2,1-3H3. The highest BCUT2D eigenvalue weighted by molar-refractivity contribution is 5.96. The summed E-state index contributed by atoms with van der Waals surface area (Å²) in [4.78, 5) is 47.0. The Morgan fingerprint density at radius 3 is 2.43 bits per heavy atom. The van der Waals surface area contributed by atoms with Crippen LogP contribution < -0.4 is 5.56 Å². The van der Waals surface area contributed by atoms with Gasteiger partial charge in [-0.2, -0.15) is 0 Å². The quantitative estimate of drug-likeness (QED) is 0.573. The molecule has 5 rings (SSSR count). The van der Waals surface area contributed by atoms with Crippen LogP contribution in [0.5, 0.6) is 0 Å². The zero-order valence-corrected chi connectivity index (χ0v) is 20.5. The lowest BCUT2D eigenvalue weighted by Crippen LogP contribution is -2.45. The maximum Gasteiger partial charge on any atom is 0.272 e. The van der Waals surface area contributed by atoms with Gasteiger partial charge in [0.15, 0.2) is 0 Å². The van der Waals surface area contributed by atoms with E-state index in [0.717, 1.165) is 36.8 Å². The van der Waals surface area contributed by atoms with Gasteiger partial charge in [0.2, 0.25) is 5.91 Å². The van der Waals surface area contributed by atoms with Crippen molar-refractivity contribution in [3.05, 3.63) is 57.3 Å². The monoisotopic (exact) mass is 477 g/mol. The number of hydrogen-bond acceptors (Lipinski definition) is 6. The molecule has 2 saturated heterocycles. The van der Waals surface area contributed by atoms with Crippen molar-refractivity contribution in [2.24, 2.45) is 12.5 Å². The van der Waals surface area contributed by atoms with Crippen molar-refractivity contribution in [3.63, 3.8) is 0 Å². The molecule has 1 spiro atoms. The normalized spacial score (nSPS) is 17.5. The minimum atomic E-state index is -0.148. The van der Waals surface area contributed by atoms with E-state index in [1.54, 1.807) is 25.5 Å². The third-order valence-electron chi connectivity index (χ3n) is 7.78. The molecule has 2 fully saturated rings. The number of hydrogen-bond donors (Lipinski definition) is 0. The molecule has 0 saturated carbocycles. The number of nitrogens with zero attached hydrogens (tertiary/aromatic N) is 5.